The van der Waals surface area contributed by atoms with Crippen molar-refractivity contribution in [2.75, 3.05) is 27.9 Å². The molecule has 0 aromatic rings. The van der Waals surface area contributed by atoms with E-state index in [1.807, 2.05) is 0 Å². The highest BCUT2D eigenvalue weighted by Gasteiger charge is 2.36. The van der Waals surface area contributed by atoms with Gasteiger partial charge in [-0.1, -0.05) is 6.92 Å². The minimum absolute atomic E-state index is 0.306. The molecule has 110 valence electrons. The Balaban J connectivity index is 4.13. The molecule has 0 aliphatic carbocycles. The molecule has 0 radical (unpaired) electrons. The Labute approximate surface area is 110 Å². The average Bonchev–Trinajstić information content (AvgIpc) is 2.33. The lowest BCUT2D eigenvalue weighted by Crippen LogP contribution is -2.44. The van der Waals surface area contributed by atoms with Gasteiger partial charge < -0.3 is 13.3 Å². The van der Waals surface area contributed by atoms with Gasteiger partial charge in [0, 0.05) is 27.4 Å². The van der Waals surface area contributed by atoms with E-state index in [1.54, 1.807) is 6.92 Å². The number of rotatable bonds is 10. The fraction of sp³-hybridized carbons (Fsp3) is 1.00. The Morgan fingerprint density at radius 2 is 1.72 bits per heavy atom. The molecule has 0 heterocycles. The highest BCUT2D eigenvalue weighted by molar-refractivity contribution is 7.86. The SMILES string of the molecule is CCC(NCCC[Si](OC)(OC)OC)S(=O)(=O)O. The van der Waals surface area contributed by atoms with Crippen molar-refractivity contribution >= 4 is 18.9 Å². The zero-order valence-electron chi connectivity index (χ0n) is 11.3. The van der Waals surface area contributed by atoms with Crippen LogP contribution in [0.15, 0.2) is 0 Å². The van der Waals surface area contributed by atoms with Crippen LogP contribution in [0.2, 0.25) is 6.04 Å². The maximum absolute atomic E-state index is 10.9. The largest absolute Gasteiger partial charge is 0.500 e. The smallest absolute Gasteiger partial charge is 0.377 e. The predicted molar refractivity (Wildman–Crippen MR) is 69.8 cm³/mol. The Morgan fingerprint density at radius 1 is 1.22 bits per heavy atom. The second-order valence-corrected chi connectivity index (χ2v) is 8.45. The van der Waals surface area contributed by atoms with Gasteiger partial charge in [-0.05, 0) is 19.4 Å². The molecule has 2 N–H and O–H groups in total. The first-order valence-electron chi connectivity index (χ1n) is 5.70. The number of hydrogen-bond acceptors (Lipinski definition) is 6. The summed E-state index contributed by atoms with van der Waals surface area (Å²) < 4.78 is 46.5. The molecule has 0 saturated heterocycles. The minimum Gasteiger partial charge on any atom is -0.377 e. The monoisotopic (exact) mass is 301 g/mol. The molecule has 0 spiro atoms. The van der Waals surface area contributed by atoms with Gasteiger partial charge in [0.25, 0.3) is 10.1 Å². The summed E-state index contributed by atoms with van der Waals surface area (Å²) in [5.74, 6) is 0. The molecule has 1 atom stereocenters. The lowest BCUT2D eigenvalue weighted by Gasteiger charge is -2.24. The maximum atomic E-state index is 10.9. The number of hydrogen-bond donors (Lipinski definition) is 2. The lowest BCUT2D eigenvalue weighted by molar-refractivity contribution is 0.123. The molecule has 7 nitrogen and oxygen atoms in total. The van der Waals surface area contributed by atoms with E-state index in [0.717, 1.165) is 0 Å². The van der Waals surface area contributed by atoms with Gasteiger partial charge in [0.15, 0.2) is 0 Å². The fourth-order valence-corrected chi connectivity index (χ4v) is 4.06. The first kappa shape index (κ1) is 18.0. The van der Waals surface area contributed by atoms with E-state index in [0.29, 0.717) is 25.4 Å². The van der Waals surface area contributed by atoms with Crippen molar-refractivity contribution < 1.29 is 26.2 Å². The summed E-state index contributed by atoms with van der Waals surface area (Å²) in [6.07, 6.45) is 0.938. The second kappa shape index (κ2) is 8.20. The van der Waals surface area contributed by atoms with E-state index < -0.39 is 24.3 Å². The van der Waals surface area contributed by atoms with Crippen LogP contribution in [0, 0.1) is 0 Å². The van der Waals surface area contributed by atoms with Crippen LogP contribution in [0.1, 0.15) is 19.8 Å². The summed E-state index contributed by atoms with van der Waals surface area (Å²) >= 11 is 0. The Hall–Kier alpha value is -0.0331. The third-order valence-electron chi connectivity index (χ3n) is 2.70. The van der Waals surface area contributed by atoms with E-state index in [1.165, 1.54) is 21.3 Å². The van der Waals surface area contributed by atoms with Crippen LogP contribution in [0.5, 0.6) is 0 Å². The minimum atomic E-state index is -4.04. The highest BCUT2D eigenvalue weighted by atomic mass is 32.2. The molecule has 0 fully saturated rings. The lowest BCUT2D eigenvalue weighted by atomic mass is 10.4. The van der Waals surface area contributed by atoms with Crippen LogP contribution in [-0.4, -0.2) is 55.0 Å². The normalized spacial score (nSPS) is 14.7. The highest BCUT2D eigenvalue weighted by Crippen LogP contribution is 2.14. The van der Waals surface area contributed by atoms with Gasteiger partial charge in [0.2, 0.25) is 0 Å². The second-order valence-electron chi connectivity index (χ2n) is 3.76. The molecule has 18 heavy (non-hydrogen) atoms. The molecule has 0 saturated carbocycles. The van der Waals surface area contributed by atoms with Crippen molar-refractivity contribution in [1.29, 1.82) is 0 Å². The van der Waals surface area contributed by atoms with Gasteiger partial charge >= 0.3 is 8.80 Å². The van der Waals surface area contributed by atoms with Crippen LogP contribution in [0.3, 0.4) is 0 Å². The molecule has 0 aromatic heterocycles. The van der Waals surface area contributed by atoms with Gasteiger partial charge in [-0.25, -0.2) is 0 Å². The standard InChI is InChI=1S/C9H23NO6SSi/c1-5-9(17(11,12)13)10-7-6-8-18(14-2,15-3)16-4/h9-10H,5-8H2,1-4H3,(H,11,12,13). The predicted octanol–water partition coefficient (Wildman–Crippen LogP) is 0.468. The van der Waals surface area contributed by atoms with Crippen molar-refractivity contribution in [3.8, 4) is 0 Å². The van der Waals surface area contributed by atoms with Crippen molar-refractivity contribution in [3.05, 3.63) is 0 Å². The zero-order chi connectivity index (χ0) is 14.2. The van der Waals surface area contributed by atoms with Crippen molar-refractivity contribution in [1.82, 2.24) is 5.32 Å². The van der Waals surface area contributed by atoms with Crippen molar-refractivity contribution in [3.63, 3.8) is 0 Å². The van der Waals surface area contributed by atoms with Crippen LogP contribution in [0.25, 0.3) is 0 Å². The van der Waals surface area contributed by atoms with Crippen molar-refractivity contribution in [2.45, 2.75) is 31.2 Å². The van der Waals surface area contributed by atoms with Gasteiger partial charge in [0.1, 0.15) is 5.37 Å². The third-order valence-corrected chi connectivity index (χ3v) is 6.75. The zero-order valence-corrected chi connectivity index (χ0v) is 13.1. The van der Waals surface area contributed by atoms with Crippen LogP contribution in [-0.2, 0) is 23.4 Å². The van der Waals surface area contributed by atoms with Crippen LogP contribution in [0.4, 0.5) is 0 Å². The van der Waals surface area contributed by atoms with Crippen LogP contribution < -0.4 is 5.32 Å². The molecule has 0 aliphatic rings. The first-order chi connectivity index (χ1) is 8.35. The summed E-state index contributed by atoms with van der Waals surface area (Å²) in [6, 6.07) is 0.575. The summed E-state index contributed by atoms with van der Waals surface area (Å²) in [6.45, 7) is 2.12. The molecule has 0 bridgehead atoms. The van der Waals surface area contributed by atoms with E-state index in [2.05, 4.69) is 5.32 Å². The molecule has 0 aromatic carbocycles. The summed E-state index contributed by atoms with van der Waals surface area (Å²) in [4.78, 5) is 0. The Morgan fingerprint density at radius 3 is 2.06 bits per heavy atom. The van der Waals surface area contributed by atoms with Crippen molar-refractivity contribution in [2.24, 2.45) is 0 Å². The molecule has 0 rings (SSSR count). The molecule has 1 unspecified atom stereocenters. The third kappa shape index (κ3) is 5.74. The molecule has 9 heteroatoms. The fourth-order valence-electron chi connectivity index (χ4n) is 1.58. The summed E-state index contributed by atoms with van der Waals surface area (Å²) in [5.41, 5.74) is 0. The summed E-state index contributed by atoms with van der Waals surface area (Å²) in [5, 5.41) is 1.84. The van der Waals surface area contributed by atoms with Gasteiger partial charge in [0.05, 0.1) is 0 Å². The maximum Gasteiger partial charge on any atom is 0.500 e. The van der Waals surface area contributed by atoms with E-state index in [4.69, 9.17) is 17.8 Å². The van der Waals surface area contributed by atoms with Gasteiger partial charge in [-0.3, -0.25) is 9.87 Å². The molecule has 0 aliphatic heterocycles. The van der Waals surface area contributed by atoms with E-state index >= 15 is 0 Å². The van der Waals surface area contributed by atoms with Crippen LogP contribution >= 0.6 is 0 Å². The topological polar surface area (TPSA) is 94.1 Å². The van der Waals surface area contributed by atoms with Gasteiger partial charge in [-0.2, -0.15) is 8.42 Å². The van der Waals surface area contributed by atoms with Gasteiger partial charge in [-0.15, -0.1) is 0 Å². The van der Waals surface area contributed by atoms with E-state index in [9.17, 15) is 8.42 Å². The Kier molecular flexibility index (Phi) is 8.19. The average molecular weight is 301 g/mol. The Bertz CT molecular complexity index is 311. The molecule has 0 amide bonds. The quantitative estimate of drug-likeness (QED) is 0.344. The molecular formula is C9H23NO6SSi. The number of nitrogens with one attached hydrogen (secondary N) is 1. The summed E-state index contributed by atoms with van der Waals surface area (Å²) in [7, 11) is -2.06. The molecular weight excluding hydrogens is 278 g/mol. The first-order valence-corrected chi connectivity index (χ1v) is 9.13. The van der Waals surface area contributed by atoms with E-state index in [-0.39, 0.29) is 0 Å².